The highest BCUT2D eigenvalue weighted by atomic mass is 16.7. The molecule has 5 atom stereocenters. The van der Waals surface area contributed by atoms with Gasteiger partial charge in [0.05, 0.1) is 20.8 Å². The zero-order valence-corrected chi connectivity index (χ0v) is 19.0. The number of aliphatic hydroxyl groups excluding tert-OH is 4. The van der Waals surface area contributed by atoms with Gasteiger partial charge in [0, 0.05) is 11.6 Å². The number of aromatic hydroxyl groups is 3. The van der Waals surface area contributed by atoms with E-state index in [4.69, 9.17) is 23.4 Å². The number of methoxy groups -OCH3 is 2. The van der Waals surface area contributed by atoms with Crippen molar-refractivity contribution in [2.45, 2.75) is 30.7 Å². The maximum Gasteiger partial charge on any atom is 0.238 e. The second-order valence-corrected chi connectivity index (χ2v) is 7.94. The normalized spacial score (nSPS) is 24.0. The van der Waals surface area contributed by atoms with Crippen LogP contribution in [0.1, 0.15) is 0 Å². The highest BCUT2D eigenvalue weighted by Gasteiger charge is 2.45. The van der Waals surface area contributed by atoms with E-state index in [1.807, 2.05) is 0 Å². The molecule has 2 heterocycles. The smallest absolute Gasteiger partial charge is 0.238 e. The summed E-state index contributed by atoms with van der Waals surface area (Å²) in [5.74, 6) is -2.74. The van der Waals surface area contributed by atoms with Crippen LogP contribution in [0.3, 0.4) is 0 Å². The van der Waals surface area contributed by atoms with E-state index in [0.29, 0.717) is 0 Å². The molecular formula is C23H24O13. The van der Waals surface area contributed by atoms with Crippen LogP contribution < -0.4 is 19.6 Å². The summed E-state index contributed by atoms with van der Waals surface area (Å²) in [5.41, 5.74) is -1.11. The van der Waals surface area contributed by atoms with Gasteiger partial charge in [-0.15, -0.1) is 0 Å². The zero-order chi connectivity index (χ0) is 26.3. The molecule has 0 saturated carbocycles. The average molecular weight is 508 g/mol. The van der Waals surface area contributed by atoms with Gasteiger partial charge in [-0.1, -0.05) is 0 Å². The first kappa shape index (κ1) is 25.3. The summed E-state index contributed by atoms with van der Waals surface area (Å²) in [6.07, 6.45) is -8.01. The van der Waals surface area contributed by atoms with Crippen LogP contribution in [-0.2, 0) is 4.74 Å². The predicted molar refractivity (Wildman–Crippen MR) is 120 cm³/mol. The van der Waals surface area contributed by atoms with Crippen LogP contribution in [0.15, 0.2) is 33.5 Å². The van der Waals surface area contributed by atoms with E-state index in [9.17, 15) is 40.5 Å². The third kappa shape index (κ3) is 4.12. The van der Waals surface area contributed by atoms with Crippen molar-refractivity contribution in [1.29, 1.82) is 0 Å². The van der Waals surface area contributed by atoms with E-state index in [2.05, 4.69) is 0 Å². The molecule has 0 amide bonds. The van der Waals surface area contributed by atoms with Gasteiger partial charge < -0.3 is 59.1 Å². The molecule has 0 bridgehead atoms. The second kappa shape index (κ2) is 9.72. The Kier molecular flexibility index (Phi) is 6.84. The summed E-state index contributed by atoms with van der Waals surface area (Å²) in [7, 11) is 2.46. The monoisotopic (exact) mass is 508 g/mol. The van der Waals surface area contributed by atoms with Crippen LogP contribution in [-0.4, -0.2) is 87.3 Å². The summed E-state index contributed by atoms with van der Waals surface area (Å²) < 4.78 is 26.8. The van der Waals surface area contributed by atoms with Crippen molar-refractivity contribution in [3.8, 4) is 45.8 Å². The summed E-state index contributed by atoms with van der Waals surface area (Å²) in [6, 6.07) is 5.05. The molecular weight excluding hydrogens is 484 g/mol. The van der Waals surface area contributed by atoms with Crippen molar-refractivity contribution in [3.63, 3.8) is 0 Å². The molecule has 194 valence electrons. The van der Waals surface area contributed by atoms with Crippen molar-refractivity contribution in [1.82, 2.24) is 0 Å². The van der Waals surface area contributed by atoms with Crippen LogP contribution in [0.4, 0.5) is 0 Å². The van der Waals surface area contributed by atoms with Crippen LogP contribution in [0.5, 0.6) is 34.5 Å². The maximum absolute atomic E-state index is 12.9. The number of phenols is 2. The molecule has 36 heavy (non-hydrogen) atoms. The zero-order valence-electron chi connectivity index (χ0n) is 19.0. The first-order valence-electron chi connectivity index (χ1n) is 10.6. The molecule has 1 aromatic heterocycles. The molecule has 0 spiro atoms. The Morgan fingerprint density at radius 2 is 1.64 bits per heavy atom. The Morgan fingerprint density at radius 3 is 2.28 bits per heavy atom. The molecule has 1 aliphatic heterocycles. The Morgan fingerprint density at radius 1 is 0.917 bits per heavy atom. The Balaban J connectivity index is 1.85. The van der Waals surface area contributed by atoms with Gasteiger partial charge in [-0.2, -0.15) is 0 Å². The van der Waals surface area contributed by atoms with Gasteiger partial charge in [0.25, 0.3) is 0 Å². The number of aliphatic hydroxyl groups is 4. The van der Waals surface area contributed by atoms with Crippen molar-refractivity contribution in [3.05, 3.63) is 34.5 Å². The van der Waals surface area contributed by atoms with Crippen molar-refractivity contribution < 1.29 is 59.1 Å². The van der Waals surface area contributed by atoms with Crippen molar-refractivity contribution >= 4 is 11.0 Å². The molecule has 1 fully saturated rings. The molecule has 0 unspecified atom stereocenters. The van der Waals surface area contributed by atoms with Crippen LogP contribution in [0.25, 0.3) is 22.3 Å². The van der Waals surface area contributed by atoms with E-state index >= 15 is 0 Å². The minimum atomic E-state index is -1.77. The molecule has 1 saturated heterocycles. The lowest BCUT2D eigenvalue weighted by atomic mass is 9.99. The molecule has 0 aliphatic carbocycles. The Labute approximate surface area is 202 Å². The third-order valence-electron chi connectivity index (χ3n) is 5.79. The van der Waals surface area contributed by atoms with Gasteiger partial charge in [0.1, 0.15) is 35.4 Å². The first-order chi connectivity index (χ1) is 17.1. The van der Waals surface area contributed by atoms with Crippen molar-refractivity contribution in [2.75, 3.05) is 20.8 Å². The van der Waals surface area contributed by atoms with Gasteiger partial charge in [-0.05, 0) is 18.2 Å². The van der Waals surface area contributed by atoms with Gasteiger partial charge in [-0.3, -0.25) is 4.79 Å². The summed E-state index contributed by atoms with van der Waals surface area (Å²) >= 11 is 0. The topological polar surface area (TPSA) is 209 Å². The summed E-state index contributed by atoms with van der Waals surface area (Å²) in [4.78, 5) is 12.9. The standard InChI is InChI=1S/C23H24O13/c1-32-10-5-8(3-4-9(10)25)21-19(30)16(27)14-11(34-21)6-12(22(33-2)17(14)28)35-23-20(31)18(29)15(26)13(7-24)36-23/h3-6,13,15,18,20,23-26,28-31H,7H2,1-2H3/t13-,15-,18+,20+,23-/m1/s1. The third-order valence-corrected chi connectivity index (χ3v) is 5.79. The minimum Gasteiger partial charge on any atom is -0.504 e. The number of benzene rings is 2. The molecule has 13 nitrogen and oxygen atoms in total. The quantitative estimate of drug-likeness (QED) is 0.230. The van der Waals surface area contributed by atoms with E-state index < -0.39 is 59.6 Å². The minimum absolute atomic E-state index is 0.0406. The molecule has 4 rings (SSSR count). The fraction of sp³-hybridized carbons (Fsp3) is 0.348. The van der Waals surface area contributed by atoms with Gasteiger partial charge in [0.2, 0.25) is 23.2 Å². The predicted octanol–water partition coefficient (Wildman–Crippen LogP) is -0.227. The average Bonchev–Trinajstić information content (AvgIpc) is 2.86. The Hall–Kier alpha value is -3.75. The lowest BCUT2D eigenvalue weighted by Gasteiger charge is -2.39. The Bertz CT molecular complexity index is 1330. The number of hydrogen-bond acceptors (Lipinski definition) is 13. The van der Waals surface area contributed by atoms with Gasteiger partial charge in [0.15, 0.2) is 28.8 Å². The number of phenolic OH excluding ortho intramolecular Hbond substituents is 2. The summed E-state index contributed by atoms with van der Waals surface area (Å²) in [5, 5.41) is 70.3. The molecule has 3 aromatic rings. The van der Waals surface area contributed by atoms with E-state index in [1.54, 1.807) is 0 Å². The lowest BCUT2D eigenvalue weighted by Crippen LogP contribution is -2.60. The van der Waals surface area contributed by atoms with Crippen molar-refractivity contribution in [2.24, 2.45) is 0 Å². The number of fused-ring (bicyclic) bond motifs is 1. The molecule has 13 heteroatoms. The van der Waals surface area contributed by atoms with E-state index in [0.717, 1.165) is 13.2 Å². The van der Waals surface area contributed by atoms with Gasteiger partial charge in [-0.25, -0.2) is 0 Å². The number of ether oxygens (including phenoxy) is 4. The fourth-order valence-corrected chi connectivity index (χ4v) is 3.87. The molecule has 0 radical (unpaired) electrons. The van der Waals surface area contributed by atoms with Gasteiger partial charge >= 0.3 is 0 Å². The van der Waals surface area contributed by atoms with E-state index in [1.165, 1.54) is 25.3 Å². The highest BCUT2D eigenvalue weighted by molar-refractivity contribution is 5.91. The highest BCUT2D eigenvalue weighted by Crippen LogP contribution is 2.45. The fourth-order valence-electron chi connectivity index (χ4n) is 3.87. The van der Waals surface area contributed by atoms with Crippen LogP contribution in [0.2, 0.25) is 0 Å². The SMILES string of the molecule is COc1cc(-c2oc3cc(O[C@@H]4O[C@H](CO)[C@@H](O)[C@H](O)[C@@H]4O)c(OC)c(O)c3c(=O)c2O)ccc1O. The van der Waals surface area contributed by atoms with Crippen LogP contribution in [0, 0.1) is 0 Å². The number of rotatable bonds is 6. The molecule has 1 aliphatic rings. The largest absolute Gasteiger partial charge is 0.504 e. The first-order valence-corrected chi connectivity index (χ1v) is 10.6. The lowest BCUT2D eigenvalue weighted by molar-refractivity contribution is -0.277. The maximum atomic E-state index is 12.9. The number of hydrogen-bond donors (Lipinski definition) is 7. The van der Waals surface area contributed by atoms with Crippen LogP contribution >= 0.6 is 0 Å². The summed E-state index contributed by atoms with van der Waals surface area (Å²) in [6.45, 7) is -0.696. The molecule has 2 aromatic carbocycles. The molecule has 7 N–H and O–H groups in total. The van der Waals surface area contributed by atoms with E-state index in [-0.39, 0.29) is 39.9 Å². The second-order valence-electron chi connectivity index (χ2n) is 7.94.